The van der Waals surface area contributed by atoms with Gasteiger partial charge in [0.2, 0.25) is 0 Å². The third-order valence-electron chi connectivity index (χ3n) is 5.95. The van der Waals surface area contributed by atoms with Crippen LogP contribution in [-0.4, -0.2) is 46.7 Å². The molecule has 1 saturated heterocycles. The third-order valence-corrected chi connectivity index (χ3v) is 5.95. The van der Waals surface area contributed by atoms with Crippen LogP contribution in [0.25, 0.3) is 0 Å². The minimum Gasteiger partial charge on any atom is -0.384 e. The number of aromatic nitrogens is 3. The van der Waals surface area contributed by atoms with Gasteiger partial charge in [0.15, 0.2) is 0 Å². The predicted octanol–water partition coefficient (Wildman–Crippen LogP) is 4.48. The van der Waals surface area contributed by atoms with E-state index in [0.29, 0.717) is 12.5 Å². The van der Waals surface area contributed by atoms with Crippen molar-refractivity contribution in [2.24, 2.45) is 0 Å². The highest BCUT2D eigenvalue weighted by molar-refractivity contribution is 5.30. The van der Waals surface area contributed by atoms with Crippen LogP contribution in [0.1, 0.15) is 52.7 Å². The molecule has 0 N–H and O–H groups in total. The van der Waals surface area contributed by atoms with E-state index in [-0.39, 0.29) is 5.82 Å². The molecule has 168 valence electrons. The molecule has 1 aliphatic heterocycles. The second kappa shape index (κ2) is 10.7. The summed E-state index contributed by atoms with van der Waals surface area (Å²) in [6.07, 6.45) is 7.61. The summed E-state index contributed by atoms with van der Waals surface area (Å²) in [7, 11) is 1.69. The van der Waals surface area contributed by atoms with Gasteiger partial charge in [-0.05, 0) is 68.1 Å². The molecule has 1 atom stereocenters. The lowest BCUT2D eigenvalue weighted by molar-refractivity contribution is 0.197. The van der Waals surface area contributed by atoms with Crippen molar-refractivity contribution in [3.8, 4) is 0 Å². The number of ether oxygens (including phenoxy) is 1. The molecule has 0 aliphatic carbocycles. The van der Waals surface area contributed by atoms with E-state index in [1.54, 1.807) is 19.2 Å². The summed E-state index contributed by atoms with van der Waals surface area (Å²) in [6, 6.07) is 11.2. The highest BCUT2D eigenvalue weighted by atomic mass is 19.1. The van der Waals surface area contributed by atoms with Crippen molar-refractivity contribution in [1.29, 1.82) is 0 Å². The molecule has 5 nitrogen and oxygen atoms in total. The summed E-state index contributed by atoms with van der Waals surface area (Å²) in [6.45, 7) is 5.58. The largest absolute Gasteiger partial charge is 0.384 e. The molecular weight excluding hydrogens is 403 g/mol. The maximum atomic E-state index is 13.6. The van der Waals surface area contributed by atoms with Crippen LogP contribution in [0.3, 0.4) is 0 Å². The molecule has 1 aliphatic rings. The van der Waals surface area contributed by atoms with Crippen LogP contribution in [-0.2, 0) is 24.1 Å². The second-order valence-electron chi connectivity index (χ2n) is 8.67. The van der Waals surface area contributed by atoms with E-state index in [1.165, 1.54) is 11.6 Å². The fourth-order valence-electron chi connectivity index (χ4n) is 4.45. The molecule has 0 unspecified atom stereocenters. The Labute approximate surface area is 189 Å². The highest BCUT2D eigenvalue weighted by Crippen LogP contribution is 2.28. The molecule has 1 fully saturated rings. The van der Waals surface area contributed by atoms with Crippen LogP contribution in [0.2, 0.25) is 0 Å². The Morgan fingerprint density at radius 1 is 1.09 bits per heavy atom. The number of halogens is 1. The fourth-order valence-corrected chi connectivity index (χ4v) is 4.45. The number of likely N-dealkylation sites (tertiary alicyclic amines) is 1. The Bertz CT molecular complexity index is 1020. The van der Waals surface area contributed by atoms with Gasteiger partial charge in [-0.1, -0.05) is 12.1 Å². The van der Waals surface area contributed by atoms with Gasteiger partial charge in [0.05, 0.1) is 6.61 Å². The van der Waals surface area contributed by atoms with Gasteiger partial charge in [0.25, 0.3) is 0 Å². The van der Waals surface area contributed by atoms with E-state index in [9.17, 15) is 4.39 Å². The number of methoxy groups -OCH3 is 1. The first-order valence-corrected chi connectivity index (χ1v) is 11.3. The molecule has 2 aromatic heterocycles. The first-order valence-electron chi connectivity index (χ1n) is 11.3. The van der Waals surface area contributed by atoms with Crippen LogP contribution in [0.15, 0.2) is 48.8 Å². The van der Waals surface area contributed by atoms with Crippen LogP contribution in [0.4, 0.5) is 4.39 Å². The Hall–Kier alpha value is -2.70. The maximum absolute atomic E-state index is 13.6. The average molecular weight is 435 g/mol. The van der Waals surface area contributed by atoms with Gasteiger partial charge < -0.3 is 4.74 Å². The lowest BCUT2D eigenvalue weighted by atomic mass is 9.92. The van der Waals surface area contributed by atoms with E-state index >= 15 is 0 Å². The Morgan fingerprint density at radius 3 is 2.72 bits per heavy atom. The van der Waals surface area contributed by atoms with Gasteiger partial charge in [0, 0.05) is 61.9 Å². The first-order chi connectivity index (χ1) is 15.6. The van der Waals surface area contributed by atoms with Gasteiger partial charge in [-0.25, -0.2) is 14.4 Å². The first kappa shape index (κ1) is 22.5. The number of piperidine rings is 1. The maximum Gasteiger partial charge on any atom is 0.130 e. The van der Waals surface area contributed by atoms with Gasteiger partial charge >= 0.3 is 0 Å². The molecule has 6 heteroatoms. The third kappa shape index (κ3) is 6.17. The Balaban J connectivity index is 1.42. The topological polar surface area (TPSA) is 51.1 Å². The van der Waals surface area contributed by atoms with Crippen molar-refractivity contribution in [3.63, 3.8) is 0 Å². The van der Waals surface area contributed by atoms with Crippen molar-refractivity contribution < 1.29 is 9.13 Å². The highest BCUT2D eigenvalue weighted by Gasteiger charge is 2.23. The summed E-state index contributed by atoms with van der Waals surface area (Å²) in [4.78, 5) is 16.3. The van der Waals surface area contributed by atoms with E-state index < -0.39 is 0 Å². The molecule has 0 spiro atoms. The number of aryl methyl sites for hydroxylation is 1. The number of nitrogens with zero attached hydrogens (tertiary/aromatic N) is 4. The van der Waals surface area contributed by atoms with Gasteiger partial charge in [-0.15, -0.1) is 0 Å². The van der Waals surface area contributed by atoms with Gasteiger partial charge in [-0.3, -0.25) is 9.88 Å². The number of hydrogen-bond donors (Lipinski definition) is 0. The molecule has 0 saturated carbocycles. The number of pyridine rings is 1. The van der Waals surface area contributed by atoms with Crippen LogP contribution in [0, 0.1) is 12.7 Å². The van der Waals surface area contributed by atoms with E-state index in [2.05, 4.69) is 27.0 Å². The summed E-state index contributed by atoms with van der Waals surface area (Å²) >= 11 is 0. The Kier molecular flexibility index (Phi) is 7.55. The molecule has 0 amide bonds. The standard InChI is InChI=1S/C26H31FN4O/c1-19-11-21(12-20-5-3-7-24(27)13-20)14-25(30-19)23-6-4-9-31(18-23)17-22-15-28-26(29-16-22)8-10-32-2/h3,5,7,11,13-16,23H,4,6,8-10,12,17-18H2,1-2H3/t23-/m1/s1. The molecule has 0 bridgehead atoms. The zero-order chi connectivity index (χ0) is 22.3. The summed E-state index contributed by atoms with van der Waals surface area (Å²) < 4.78 is 18.7. The average Bonchev–Trinajstić information content (AvgIpc) is 2.78. The van der Waals surface area contributed by atoms with E-state index in [0.717, 1.165) is 73.7 Å². The molecular formula is C26H31FN4O. The zero-order valence-corrected chi connectivity index (χ0v) is 18.9. The monoisotopic (exact) mass is 434 g/mol. The van der Waals surface area contributed by atoms with E-state index in [1.807, 2.05) is 25.4 Å². The molecule has 3 heterocycles. The smallest absolute Gasteiger partial charge is 0.130 e. The minimum absolute atomic E-state index is 0.188. The van der Waals surface area contributed by atoms with Crippen molar-refractivity contribution in [3.05, 3.63) is 88.5 Å². The molecule has 32 heavy (non-hydrogen) atoms. The second-order valence-corrected chi connectivity index (χ2v) is 8.67. The van der Waals surface area contributed by atoms with Crippen LogP contribution < -0.4 is 0 Å². The molecule has 0 radical (unpaired) electrons. The van der Waals surface area contributed by atoms with Crippen molar-refractivity contribution >= 4 is 0 Å². The van der Waals surface area contributed by atoms with Gasteiger partial charge in [-0.2, -0.15) is 0 Å². The van der Waals surface area contributed by atoms with Crippen molar-refractivity contribution in [2.45, 2.75) is 45.1 Å². The van der Waals surface area contributed by atoms with Crippen LogP contribution in [0.5, 0.6) is 0 Å². The lowest BCUT2D eigenvalue weighted by Gasteiger charge is -2.32. The quantitative estimate of drug-likeness (QED) is 0.523. The molecule has 4 rings (SSSR count). The normalized spacial score (nSPS) is 16.9. The minimum atomic E-state index is -0.188. The lowest BCUT2D eigenvalue weighted by Crippen LogP contribution is -2.34. The van der Waals surface area contributed by atoms with Crippen molar-refractivity contribution in [2.75, 3.05) is 26.8 Å². The Morgan fingerprint density at radius 2 is 1.94 bits per heavy atom. The number of hydrogen-bond acceptors (Lipinski definition) is 5. The zero-order valence-electron chi connectivity index (χ0n) is 18.9. The summed E-state index contributed by atoms with van der Waals surface area (Å²) in [5.41, 5.74) is 5.48. The van der Waals surface area contributed by atoms with Gasteiger partial charge in [0.1, 0.15) is 11.6 Å². The predicted molar refractivity (Wildman–Crippen MR) is 123 cm³/mol. The SMILES string of the molecule is COCCc1ncc(CN2CCC[C@@H](c3cc(Cc4cccc(F)c4)cc(C)n3)C2)cn1. The molecule has 3 aromatic rings. The summed E-state index contributed by atoms with van der Waals surface area (Å²) in [5, 5.41) is 0. The molecule has 1 aromatic carbocycles. The van der Waals surface area contributed by atoms with Crippen LogP contribution >= 0.6 is 0 Å². The number of rotatable bonds is 8. The van der Waals surface area contributed by atoms with E-state index in [4.69, 9.17) is 9.72 Å². The number of benzene rings is 1. The fraction of sp³-hybridized carbons (Fsp3) is 0.423. The summed E-state index contributed by atoms with van der Waals surface area (Å²) in [5.74, 6) is 1.03. The van der Waals surface area contributed by atoms with Crippen molar-refractivity contribution in [1.82, 2.24) is 19.9 Å².